The Kier molecular flexibility index (Phi) is 7.60. The fourth-order valence-corrected chi connectivity index (χ4v) is 2.73. The first-order valence-corrected chi connectivity index (χ1v) is 8.40. The van der Waals surface area contributed by atoms with Crippen molar-refractivity contribution in [2.45, 2.75) is 11.9 Å². The summed E-state index contributed by atoms with van der Waals surface area (Å²) in [5.41, 5.74) is 1.30. The molecule has 0 aromatic heterocycles. The molecule has 22 heavy (non-hydrogen) atoms. The molecule has 122 valence electrons. The number of alkyl halides is 3. The number of nitrogens with one attached hydrogen (secondary N) is 1. The predicted molar refractivity (Wildman–Crippen MR) is 82.2 cm³/mol. The van der Waals surface area contributed by atoms with E-state index in [1.165, 1.54) is 11.8 Å². The summed E-state index contributed by atoms with van der Waals surface area (Å²) in [4.78, 5) is 21.9. The molecule has 0 aliphatic carbocycles. The molecule has 0 saturated carbocycles. The number of rotatable bonds is 8. The van der Waals surface area contributed by atoms with Gasteiger partial charge in [-0.15, -0.1) is 23.5 Å². The number of halogens is 3. The van der Waals surface area contributed by atoms with E-state index in [-0.39, 0.29) is 11.5 Å². The van der Waals surface area contributed by atoms with Crippen molar-refractivity contribution in [3.63, 3.8) is 0 Å². The van der Waals surface area contributed by atoms with E-state index in [1.807, 2.05) is 0 Å². The van der Waals surface area contributed by atoms with Crippen LogP contribution in [0.15, 0.2) is 24.3 Å². The maximum Gasteiger partial charge on any atom is 0.397 e. The first-order valence-electron chi connectivity index (χ1n) is 6.09. The summed E-state index contributed by atoms with van der Waals surface area (Å²) in [6.07, 6.45) is -4.29. The molecule has 0 unspecified atom stereocenters. The number of hydrogen-bond donors (Lipinski definition) is 2. The fourth-order valence-electron chi connectivity index (χ4n) is 1.45. The number of thioether (sulfide) groups is 2. The lowest BCUT2D eigenvalue weighted by molar-refractivity contribution is -0.134. The van der Waals surface area contributed by atoms with Gasteiger partial charge in [-0.2, -0.15) is 13.2 Å². The van der Waals surface area contributed by atoms with Gasteiger partial charge in [0.05, 0.1) is 17.3 Å². The second-order valence-electron chi connectivity index (χ2n) is 4.24. The van der Waals surface area contributed by atoms with Crippen LogP contribution in [0.5, 0.6) is 0 Å². The van der Waals surface area contributed by atoms with Crippen molar-refractivity contribution in [1.82, 2.24) is 0 Å². The highest BCUT2D eigenvalue weighted by Gasteiger charge is 2.27. The average Bonchev–Trinajstić information content (AvgIpc) is 2.37. The molecule has 1 rings (SSSR count). The maximum atomic E-state index is 12.0. The lowest BCUT2D eigenvalue weighted by Crippen LogP contribution is -2.17. The minimum atomic E-state index is -4.29. The van der Waals surface area contributed by atoms with Crippen LogP contribution in [0.2, 0.25) is 0 Å². The quantitative estimate of drug-likeness (QED) is 0.751. The van der Waals surface area contributed by atoms with Crippen LogP contribution in [-0.2, 0) is 15.3 Å². The lowest BCUT2D eigenvalue weighted by atomic mass is 10.2. The number of carboxylic acids is 1. The average molecular weight is 353 g/mol. The zero-order chi connectivity index (χ0) is 16.6. The van der Waals surface area contributed by atoms with Gasteiger partial charge in [0.2, 0.25) is 5.91 Å². The Labute approximate surface area is 133 Å². The Morgan fingerprint density at radius 1 is 1.18 bits per heavy atom. The van der Waals surface area contributed by atoms with Crippen molar-refractivity contribution in [2.24, 2.45) is 0 Å². The van der Waals surface area contributed by atoms with Crippen LogP contribution in [0.1, 0.15) is 5.56 Å². The monoisotopic (exact) mass is 353 g/mol. The molecule has 0 spiro atoms. The van der Waals surface area contributed by atoms with E-state index in [9.17, 15) is 22.8 Å². The van der Waals surface area contributed by atoms with Gasteiger partial charge in [-0.25, -0.2) is 0 Å². The number of hydrogen-bond acceptors (Lipinski definition) is 4. The standard InChI is InChI=1S/C13H14F3NO3S2/c14-13(15,16)8-22-6-11(18)17-10-3-1-2-9(4-10)5-21-7-12(19)20/h1-4H,5-8H2,(H,17,18)(H,19,20). The van der Waals surface area contributed by atoms with Gasteiger partial charge in [-0.3, -0.25) is 9.59 Å². The van der Waals surface area contributed by atoms with Gasteiger partial charge in [0.1, 0.15) is 0 Å². The Balaban J connectivity index is 2.41. The number of carbonyl (C=O) groups is 2. The van der Waals surface area contributed by atoms with E-state index < -0.39 is 23.8 Å². The largest absolute Gasteiger partial charge is 0.481 e. The molecule has 1 amide bonds. The summed E-state index contributed by atoms with van der Waals surface area (Å²) in [5, 5.41) is 11.1. The minimum Gasteiger partial charge on any atom is -0.481 e. The summed E-state index contributed by atoms with van der Waals surface area (Å²) >= 11 is 1.72. The van der Waals surface area contributed by atoms with Crippen LogP contribution in [-0.4, -0.2) is 40.4 Å². The second-order valence-corrected chi connectivity index (χ2v) is 6.21. The van der Waals surface area contributed by atoms with Crippen molar-refractivity contribution in [2.75, 3.05) is 22.6 Å². The third kappa shape index (κ3) is 8.83. The summed E-state index contributed by atoms with van der Waals surface area (Å²) < 4.78 is 35.9. The van der Waals surface area contributed by atoms with Gasteiger partial charge in [0.15, 0.2) is 0 Å². The van der Waals surface area contributed by atoms with E-state index in [0.717, 1.165) is 5.56 Å². The Morgan fingerprint density at radius 3 is 2.55 bits per heavy atom. The first kappa shape index (κ1) is 18.7. The molecule has 0 atom stereocenters. The molecule has 2 N–H and O–H groups in total. The van der Waals surface area contributed by atoms with Gasteiger partial charge in [0.25, 0.3) is 0 Å². The van der Waals surface area contributed by atoms with Crippen LogP contribution in [0.25, 0.3) is 0 Å². The molecule has 0 aliphatic rings. The summed E-state index contributed by atoms with van der Waals surface area (Å²) in [7, 11) is 0. The number of aliphatic carboxylic acids is 1. The van der Waals surface area contributed by atoms with Crippen molar-refractivity contribution in [1.29, 1.82) is 0 Å². The van der Waals surface area contributed by atoms with Crippen molar-refractivity contribution < 1.29 is 27.9 Å². The zero-order valence-electron chi connectivity index (χ0n) is 11.4. The van der Waals surface area contributed by atoms with Gasteiger partial charge in [-0.05, 0) is 17.7 Å². The van der Waals surface area contributed by atoms with Crippen molar-refractivity contribution in [3.05, 3.63) is 29.8 Å². The summed E-state index contributed by atoms with van der Waals surface area (Å²) in [6, 6.07) is 6.76. The number of benzene rings is 1. The molecule has 0 saturated heterocycles. The third-order valence-corrected chi connectivity index (χ3v) is 4.19. The number of amides is 1. The third-order valence-electron chi connectivity index (χ3n) is 2.20. The van der Waals surface area contributed by atoms with E-state index in [1.54, 1.807) is 24.3 Å². The topological polar surface area (TPSA) is 66.4 Å². The Morgan fingerprint density at radius 2 is 1.91 bits per heavy atom. The molecule has 0 radical (unpaired) electrons. The SMILES string of the molecule is O=C(O)CSCc1cccc(NC(=O)CSCC(F)(F)F)c1. The van der Waals surface area contributed by atoms with E-state index in [0.29, 0.717) is 23.2 Å². The van der Waals surface area contributed by atoms with Gasteiger partial charge in [0, 0.05) is 11.4 Å². The fraction of sp³-hybridized carbons (Fsp3) is 0.385. The Hall–Kier alpha value is -1.35. The van der Waals surface area contributed by atoms with Crippen molar-refractivity contribution >= 4 is 41.1 Å². The van der Waals surface area contributed by atoms with Gasteiger partial charge >= 0.3 is 12.1 Å². The molecule has 9 heteroatoms. The second kappa shape index (κ2) is 8.94. The highest BCUT2D eigenvalue weighted by Crippen LogP contribution is 2.21. The molecule has 1 aromatic carbocycles. The van der Waals surface area contributed by atoms with Crippen LogP contribution in [0.3, 0.4) is 0 Å². The molecule has 4 nitrogen and oxygen atoms in total. The van der Waals surface area contributed by atoms with Crippen LogP contribution in [0, 0.1) is 0 Å². The van der Waals surface area contributed by atoms with Gasteiger partial charge < -0.3 is 10.4 Å². The molecule has 0 heterocycles. The summed E-state index contributed by atoms with van der Waals surface area (Å²) in [5.74, 6) is -2.31. The van der Waals surface area contributed by atoms with E-state index >= 15 is 0 Å². The van der Waals surface area contributed by atoms with E-state index in [2.05, 4.69) is 5.32 Å². The van der Waals surface area contributed by atoms with Crippen LogP contribution >= 0.6 is 23.5 Å². The molecule has 1 aromatic rings. The highest BCUT2D eigenvalue weighted by molar-refractivity contribution is 8.00. The normalized spacial score (nSPS) is 11.2. The minimum absolute atomic E-state index is 0.0231. The molecule has 0 aliphatic heterocycles. The summed E-state index contributed by atoms with van der Waals surface area (Å²) in [6.45, 7) is 0. The van der Waals surface area contributed by atoms with Crippen LogP contribution in [0.4, 0.5) is 18.9 Å². The predicted octanol–water partition coefficient (Wildman–Crippen LogP) is 3.24. The van der Waals surface area contributed by atoms with Gasteiger partial charge in [-0.1, -0.05) is 12.1 Å². The highest BCUT2D eigenvalue weighted by atomic mass is 32.2. The molecular weight excluding hydrogens is 339 g/mol. The molecule has 0 fully saturated rings. The Bertz CT molecular complexity index is 523. The van der Waals surface area contributed by atoms with Crippen LogP contribution < -0.4 is 5.32 Å². The number of carbonyl (C=O) groups excluding carboxylic acids is 1. The smallest absolute Gasteiger partial charge is 0.397 e. The molecule has 0 bridgehead atoms. The molecular formula is C13H14F3NO3S2. The van der Waals surface area contributed by atoms with Crippen molar-refractivity contribution in [3.8, 4) is 0 Å². The zero-order valence-corrected chi connectivity index (χ0v) is 13.0. The van der Waals surface area contributed by atoms with E-state index in [4.69, 9.17) is 5.11 Å². The maximum absolute atomic E-state index is 12.0. The number of anilines is 1. The number of carboxylic acid groups (broad SMARTS) is 1. The lowest BCUT2D eigenvalue weighted by Gasteiger charge is -2.08. The first-order chi connectivity index (χ1) is 10.3.